The Morgan fingerprint density at radius 2 is 1.68 bits per heavy atom. The minimum absolute atomic E-state index is 0.111. The average molecular weight is 349 g/mol. The summed E-state index contributed by atoms with van der Waals surface area (Å²) in [6, 6.07) is 6.50. The Bertz CT molecular complexity index is 595. The Morgan fingerprint density at radius 3 is 2.24 bits per heavy atom. The largest absolute Gasteiger partial charge is 0.481 e. The molecule has 2 amide bonds. The fourth-order valence-electron chi connectivity index (χ4n) is 2.66. The molecule has 1 aliphatic heterocycles. The number of imide groups is 1. The lowest BCUT2D eigenvalue weighted by Gasteiger charge is -2.19. The summed E-state index contributed by atoms with van der Waals surface area (Å²) < 4.78 is 0. The zero-order chi connectivity index (χ0) is 18.2. The summed E-state index contributed by atoms with van der Waals surface area (Å²) in [6.07, 6.45) is 4.25. The molecule has 1 N–H and O–H groups in total. The Balaban J connectivity index is 1.88. The van der Waals surface area contributed by atoms with Gasteiger partial charge in [0.15, 0.2) is 0 Å². The van der Waals surface area contributed by atoms with E-state index in [1.165, 1.54) is 0 Å². The van der Waals surface area contributed by atoms with Crippen molar-refractivity contribution in [3.8, 4) is 0 Å². The number of hydrogen-bond acceptors (Lipinski definition) is 5. The van der Waals surface area contributed by atoms with E-state index in [0.29, 0.717) is 41.9 Å². The minimum atomic E-state index is -0.826. The first-order valence-corrected chi connectivity index (χ1v) is 8.57. The minimum Gasteiger partial charge on any atom is -0.481 e. The van der Waals surface area contributed by atoms with Gasteiger partial charge in [-0.3, -0.25) is 14.4 Å². The number of amides is 2. The van der Waals surface area contributed by atoms with Gasteiger partial charge in [-0.05, 0) is 31.4 Å². The second-order valence-electron chi connectivity index (χ2n) is 6.02. The molecule has 7 nitrogen and oxygen atoms in total. The van der Waals surface area contributed by atoms with Crippen LogP contribution >= 0.6 is 0 Å². The number of aliphatic carboxylic acids is 1. The number of benzene rings is 1. The third-order valence-corrected chi connectivity index (χ3v) is 4.06. The molecule has 7 heteroatoms. The summed E-state index contributed by atoms with van der Waals surface area (Å²) in [5.41, 5.74) is 0.588. The van der Waals surface area contributed by atoms with Crippen molar-refractivity contribution < 1.29 is 29.4 Å². The monoisotopic (exact) mass is 349 g/mol. The number of carbonyl (C=O) groups excluding carboxylic acids is 2. The summed E-state index contributed by atoms with van der Waals surface area (Å²) in [5.74, 6) is -1.91. The van der Waals surface area contributed by atoms with Crippen LogP contribution < -0.4 is 0 Å². The summed E-state index contributed by atoms with van der Waals surface area (Å²) >= 11 is 0. The smallest absolute Gasteiger partial charge is 0.303 e. The number of carboxylic acid groups (broad SMARTS) is 1. The number of hydroxylamine groups is 2. The van der Waals surface area contributed by atoms with E-state index in [-0.39, 0.29) is 12.5 Å². The van der Waals surface area contributed by atoms with E-state index in [1.807, 2.05) is 6.92 Å². The first kappa shape index (κ1) is 19.1. The van der Waals surface area contributed by atoms with Gasteiger partial charge in [0.05, 0.1) is 17.2 Å². The molecule has 0 radical (unpaired) electrons. The van der Waals surface area contributed by atoms with Crippen molar-refractivity contribution in [1.82, 2.24) is 5.06 Å². The fraction of sp³-hybridized carbons (Fsp3) is 0.500. The van der Waals surface area contributed by atoms with Gasteiger partial charge in [-0.15, -0.1) is 10.1 Å². The summed E-state index contributed by atoms with van der Waals surface area (Å²) in [6.45, 7) is 2.05. The zero-order valence-corrected chi connectivity index (χ0v) is 14.3. The fourth-order valence-corrected chi connectivity index (χ4v) is 2.66. The number of rotatable bonds is 11. The number of carbonyl (C=O) groups is 3. The molecule has 0 spiro atoms. The van der Waals surface area contributed by atoms with Crippen molar-refractivity contribution in [2.45, 2.75) is 58.0 Å². The average Bonchev–Trinajstić information content (AvgIpc) is 2.85. The van der Waals surface area contributed by atoms with Crippen LogP contribution in [0.4, 0.5) is 0 Å². The van der Waals surface area contributed by atoms with E-state index in [2.05, 4.69) is 0 Å². The van der Waals surface area contributed by atoms with E-state index in [0.717, 1.165) is 12.8 Å². The third-order valence-electron chi connectivity index (χ3n) is 4.06. The van der Waals surface area contributed by atoms with Crippen LogP contribution in [0.2, 0.25) is 0 Å². The highest BCUT2D eigenvalue weighted by Gasteiger charge is 2.37. The Labute approximate surface area is 146 Å². The summed E-state index contributed by atoms with van der Waals surface area (Å²) in [4.78, 5) is 45.4. The quantitative estimate of drug-likeness (QED) is 0.285. The maximum Gasteiger partial charge on any atom is 0.303 e. The van der Waals surface area contributed by atoms with Crippen molar-refractivity contribution >= 4 is 17.8 Å². The van der Waals surface area contributed by atoms with Gasteiger partial charge in [0, 0.05) is 6.42 Å². The molecule has 0 aliphatic carbocycles. The molecule has 1 heterocycles. The summed E-state index contributed by atoms with van der Waals surface area (Å²) in [7, 11) is 0. The lowest BCUT2D eigenvalue weighted by atomic mass is 10.1. The van der Waals surface area contributed by atoms with Crippen molar-refractivity contribution in [2.75, 3.05) is 0 Å². The van der Waals surface area contributed by atoms with Gasteiger partial charge in [0.1, 0.15) is 0 Å². The number of carboxylic acids is 1. The molecule has 0 aromatic heterocycles. The Morgan fingerprint density at radius 1 is 1.08 bits per heavy atom. The molecule has 1 aromatic rings. The van der Waals surface area contributed by atoms with Crippen LogP contribution in [-0.2, 0) is 14.7 Å². The van der Waals surface area contributed by atoms with Crippen LogP contribution in [0, 0.1) is 0 Å². The summed E-state index contributed by atoms with van der Waals surface area (Å²) in [5, 5.41) is 9.31. The van der Waals surface area contributed by atoms with Gasteiger partial charge in [0.25, 0.3) is 11.8 Å². The van der Waals surface area contributed by atoms with Crippen LogP contribution in [0.1, 0.15) is 72.6 Å². The number of nitrogens with zero attached hydrogens (tertiary/aromatic N) is 1. The first-order chi connectivity index (χ1) is 12.0. The molecule has 136 valence electrons. The topological polar surface area (TPSA) is 93.1 Å². The lowest BCUT2D eigenvalue weighted by Crippen LogP contribution is -2.32. The molecule has 0 saturated carbocycles. The highest BCUT2D eigenvalue weighted by molar-refractivity contribution is 6.20. The highest BCUT2D eigenvalue weighted by atomic mass is 17.3. The standard InChI is InChI=1S/C18H23NO6/c1-2-3-8-13(9-4-7-12-16(20)21)24-25-19-17(22)14-10-5-6-11-15(14)18(19)23/h5-6,10-11,13H,2-4,7-9,12H2,1H3,(H,20,21). The van der Waals surface area contributed by atoms with Gasteiger partial charge in [-0.25, -0.2) is 4.89 Å². The first-order valence-electron chi connectivity index (χ1n) is 8.57. The second kappa shape index (κ2) is 9.29. The Hall–Kier alpha value is -2.25. The molecular formula is C18H23NO6. The van der Waals surface area contributed by atoms with Crippen molar-refractivity contribution in [1.29, 1.82) is 0 Å². The van der Waals surface area contributed by atoms with Crippen molar-refractivity contribution in [3.05, 3.63) is 35.4 Å². The van der Waals surface area contributed by atoms with Gasteiger partial charge in [0.2, 0.25) is 0 Å². The van der Waals surface area contributed by atoms with E-state index >= 15 is 0 Å². The zero-order valence-electron chi connectivity index (χ0n) is 14.3. The molecule has 1 aromatic carbocycles. The third kappa shape index (κ3) is 5.11. The SMILES string of the molecule is CCCCC(CCCCC(=O)O)OON1C(=O)c2ccccc2C1=O. The van der Waals surface area contributed by atoms with Crippen molar-refractivity contribution in [3.63, 3.8) is 0 Å². The molecular weight excluding hydrogens is 326 g/mol. The molecule has 1 unspecified atom stereocenters. The number of unbranched alkanes of at least 4 members (excludes halogenated alkanes) is 2. The lowest BCUT2D eigenvalue weighted by molar-refractivity contribution is -0.408. The van der Waals surface area contributed by atoms with Gasteiger partial charge >= 0.3 is 5.97 Å². The Kier molecular flexibility index (Phi) is 7.09. The second-order valence-corrected chi connectivity index (χ2v) is 6.02. The molecule has 1 atom stereocenters. The highest BCUT2D eigenvalue weighted by Crippen LogP contribution is 2.24. The molecule has 0 saturated heterocycles. The van der Waals surface area contributed by atoms with Gasteiger partial charge in [-0.1, -0.05) is 38.3 Å². The molecule has 25 heavy (non-hydrogen) atoms. The van der Waals surface area contributed by atoms with Crippen LogP contribution in [0.25, 0.3) is 0 Å². The van der Waals surface area contributed by atoms with Crippen LogP contribution in [-0.4, -0.2) is 34.1 Å². The van der Waals surface area contributed by atoms with Gasteiger partial charge in [-0.2, -0.15) is 0 Å². The van der Waals surface area contributed by atoms with Crippen molar-refractivity contribution in [2.24, 2.45) is 0 Å². The molecule has 0 fully saturated rings. The molecule has 1 aliphatic rings. The van der Waals surface area contributed by atoms with Crippen LogP contribution in [0.15, 0.2) is 24.3 Å². The predicted molar refractivity (Wildman–Crippen MR) is 88.5 cm³/mol. The van der Waals surface area contributed by atoms with Crippen LogP contribution in [0.5, 0.6) is 0 Å². The van der Waals surface area contributed by atoms with E-state index in [1.54, 1.807) is 24.3 Å². The van der Waals surface area contributed by atoms with Crippen LogP contribution in [0.3, 0.4) is 0 Å². The molecule has 2 rings (SSSR count). The normalized spacial score (nSPS) is 14.7. The van der Waals surface area contributed by atoms with E-state index in [9.17, 15) is 14.4 Å². The molecule has 0 bridgehead atoms. The maximum atomic E-state index is 12.2. The van der Waals surface area contributed by atoms with Gasteiger partial charge < -0.3 is 5.11 Å². The van der Waals surface area contributed by atoms with E-state index in [4.69, 9.17) is 15.0 Å². The predicted octanol–water partition coefficient (Wildman–Crippen LogP) is 3.35. The van der Waals surface area contributed by atoms with E-state index < -0.39 is 17.8 Å². The maximum absolute atomic E-state index is 12.2. The number of hydrogen-bond donors (Lipinski definition) is 1. The number of fused-ring (bicyclic) bond motifs is 1.